The van der Waals surface area contributed by atoms with Gasteiger partial charge in [-0.05, 0) is 12.5 Å². The zero-order valence-electron chi connectivity index (χ0n) is 10.5. The number of nitrogens with one attached hydrogen (secondary N) is 2. The second-order valence-corrected chi connectivity index (χ2v) is 4.31. The zero-order chi connectivity index (χ0) is 13.8. The predicted molar refractivity (Wildman–Crippen MR) is 69.1 cm³/mol. The first-order chi connectivity index (χ1) is 9.08. The van der Waals surface area contributed by atoms with Crippen molar-refractivity contribution in [3.05, 3.63) is 33.9 Å². The summed E-state index contributed by atoms with van der Waals surface area (Å²) in [5, 5.41) is 16.4. The number of morpholine rings is 1. The van der Waals surface area contributed by atoms with Crippen LogP contribution in [0.25, 0.3) is 0 Å². The van der Waals surface area contributed by atoms with Crippen LogP contribution in [0, 0.1) is 17.0 Å². The predicted octanol–water partition coefficient (Wildman–Crippen LogP) is 0.830. The standard InChI is InChI=1S/C12H15N3O4/c1-8-2-3-9(15(17)18)6-10(8)14-12(16)11-7-13-4-5-19-11/h2-3,6,11,13H,4-5,7H2,1H3,(H,14,16). The minimum Gasteiger partial charge on any atom is -0.366 e. The van der Waals surface area contributed by atoms with Gasteiger partial charge in [-0.3, -0.25) is 14.9 Å². The fraction of sp³-hybridized carbons (Fsp3) is 0.417. The van der Waals surface area contributed by atoms with Crippen LogP contribution in [0.5, 0.6) is 0 Å². The molecule has 1 aliphatic heterocycles. The Morgan fingerprint density at radius 1 is 1.58 bits per heavy atom. The van der Waals surface area contributed by atoms with Gasteiger partial charge in [0.2, 0.25) is 0 Å². The molecule has 1 heterocycles. The molecule has 1 aromatic rings. The molecule has 1 fully saturated rings. The molecular weight excluding hydrogens is 250 g/mol. The first-order valence-electron chi connectivity index (χ1n) is 5.96. The maximum Gasteiger partial charge on any atom is 0.271 e. The molecular formula is C12H15N3O4. The Labute approximate surface area is 110 Å². The van der Waals surface area contributed by atoms with Gasteiger partial charge in [-0.1, -0.05) is 6.07 Å². The SMILES string of the molecule is Cc1ccc([N+](=O)[O-])cc1NC(=O)C1CNCCO1. The van der Waals surface area contributed by atoms with E-state index in [0.717, 1.165) is 12.1 Å². The zero-order valence-corrected chi connectivity index (χ0v) is 10.5. The molecule has 7 heteroatoms. The number of anilines is 1. The van der Waals surface area contributed by atoms with Crippen molar-refractivity contribution in [2.75, 3.05) is 25.0 Å². The summed E-state index contributed by atoms with van der Waals surface area (Å²) >= 11 is 0. The van der Waals surface area contributed by atoms with Crippen LogP contribution in [-0.2, 0) is 9.53 Å². The molecule has 1 unspecified atom stereocenters. The number of amides is 1. The molecule has 1 aliphatic rings. The Morgan fingerprint density at radius 2 is 2.37 bits per heavy atom. The summed E-state index contributed by atoms with van der Waals surface area (Å²) in [6, 6.07) is 4.36. The van der Waals surface area contributed by atoms with Gasteiger partial charge in [-0.15, -0.1) is 0 Å². The summed E-state index contributed by atoms with van der Waals surface area (Å²) in [5.41, 5.74) is 1.15. The Kier molecular flexibility index (Phi) is 4.08. The molecule has 1 atom stereocenters. The minimum atomic E-state index is -0.563. The van der Waals surface area contributed by atoms with Crippen LogP contribution in [0.4, 0.5) is 11.4 Å². The van der Waals surface area contributed by atoms with Gasteiger partial charge in [0.15, 0.2) is 0 Å². The fourth-order valence-electron chi connectivity index (χ4n) is 1.81. The lowest BCUT2D eigenvalue weighted by Crippen LogP contribution is -2.45. The van der Waals surface area contributed by atoms with Crippen LogP contribution in [0.15, 0.2) is 18.2 Å². The number of carbonyl (C=O) groups excluding carboxylic acids is 1. The molecule has 7 nitrogen and oxygen atoms in total. The van der Waals surface area contributed by atoms with E-state index in [1.165, 1.54) is 12.1 Å². The Hall–Kier alpha value is -1.99. The van der Waals surface area contributed by atoms with Crippen LogP contribution in [0.1, 0.15) is 5.56 Å². The lowest BCUT2D eigenvalue weighted by atomic mass is 10.1. The first kappa shape index (κ1) is 13.4. The van der Waals surface area contributed by atoms with E-state index in [1.54, 1.807) is 13.0 Å². The number of aryl methyl sites for hydroxylation is 1. The van der Waals surface area contributed by atoms with Crippen molar-refractivity contribution in [3.8, 4) is 0 Å². The fourth-order valence-corrected chi connectivity index (χ4v) is 1.81. The van der Waals surface area contributed by atoms with Crippen LogP contribution < -0.4 is 10.6 Å². The molecule has 2 rings (SSSR count). The average Bonchev–Trinajstić information content (AvgIpc) is 2.42. The van der Waals surface area contributed by atoms with Gasteiger partial charge in [-0.2, -0.15) is 0 Å². The first-order valence-corrected chi connectivity index (χ1v) is 5.96. The highest BCUT2D eigenvalue weighted by Gasteiger charge is 2.22. The second kappa shape index (κ2) is 5.77. The third-order valence-electron chi connectivity index (χ3n) is 2.91. The van der Waals surface area contributed by atoms with Crippen LogP contribution >= 0.6 is 0 Å². The van der Waals surface area contributed by atoms with Gasteiger partial charge in [0.05, 0.1) is 17.2 Å². The van der Waals surface area contributed by atoms with Gasteiger partial charge >= 0.3 is 0 Å². The number of rotatable bonds is 3. The summed E-state index contributed by atoms with van der Waals surface area (Å²) in [5.74, 6) is -0.296. The highest BCUT2D eigenvalue weighted by Crippen LogP contribution is 2.22. The van der Waals surface area contributed by atoms with E-state index in [2.05, 4.69) is 10.6 Å². The molecule has 0 saturated carbocycles. The summed E-state index contributed by atoms with van der Waals surface area (Å²) in [7, 11) is 0. The number of nitro benzene ring substituents is 1. The van der Waals surface area contributed by atoms with E-state index >= 15 is 0 Å². The Bertz CT molecular complexity index is 498. The highest BCUT2D eigenvalue weighted by molar-refractivity contribution is 5.95. The maximum absolute atomic E-state index is 12.0. The van der Waals surface area contributed by atoms with E-state index in [1.807, 2.05) is 0 Å². The molecule has 2 N–H and O–H groups in total. The van der Waals surface area contributed by atoms with Gasteiger partial charge in [0, 0.05) is 25.2 Å². The molecule has 19 heavy (non-hydrogen) atoms. The molecule has 1 amide bonds. The van der Waals surface area contributed by atoms with Crippen molar-refractivity contribution in [1.29, 1.82) is 0 Å². The molecule has 0 spiro atoms. The summed E-state index contributed by atoms with van der Waals surface area (Å²) < 4.78 is 5.32. The monoisotopic (exact) mass is 265 g/mol. The second-order valence-electron chi connectivity index (χ2n) is 4.31. The number of nitrogens with zero attached hydrogens (tertiary/aromatic N) is 1. The van der Waals surface area contributed by atoms with Gasteiger partial charge in [-0.25, -0.2) is 0 Å². The van der Waals surface area contributed by atoms with Crippen molar-refractivity contribution in [2.45, 2.75) is 13.0 Å². The Balaban J connectivity index is 2.11. The van der Waals surface area contributed by atoms with E-state index in [0.29, 0.717) is 18.8 Å². The van der Waals surface area contributed by atoms with Gasteiger partial charge in [0.25, 0.3) is 11.6 Å². The topological polar surface area (TPSA) is 93.5 Å². The average molecular weight is 265 g/mol. The smallest absolute Gasteiger partial charge is 0.271 e. The van der Waals surface area contributed by atoms with Crippen LogP contribution in [0.2, 0.25) is 0 Å². The third kappa shape index (κ3) is 3.27. The number of nitro groups is 1. The molecule has 0 radical (unpaired) electrons. The lowest BCUT2D eigenvalue weighted by Gasteiger charge is -2.23. The molecule has 0 aliphatic carbocycles. The number of carbonyl (C=O) groups is 1. The van der Waals surface area contributed by atoms with Crippen molar-refractivity contribution in [3.63, 3.8) is 0 Å². The number of benzene rings is 1. The molecule has 1 saturated heterocycles. The molecule has 0 aromatic heterocycles. The minimum absolute atomic E-state index is 0.0522. The van der Waals surface area contributed by atoms with Crippen LogP contribution in [0.3, 0.4) is 0 Å². The molecule has 0 bridgehead atoms. The van der Waals surface area contributed by atoms with Crippen molar-refractivity contribution < 1.29 is 14.5 Å². The largest absolute Gasteiger partial charge is 0.366 e. The van der Waals surface area contributed by atoms with Gasteiger partial charge in [0.1, 0.15) is 6.10 Å². The van der Waals surface area contributed by atoms with E-state index in [4.69, 9.17) is 4.74 Å². The highest BCUT2D eigenvalue weighted by atomic mass is 16.6. The number of hydrogen-bond donors (Lipinski definition) is 2. The van der Waals surface area contributed by atoms with Crippen LogP contribution in [-0.4, -0.2) is 36.6 Å². The molecule has 102 valence electrons. The van der Waals surface area contributed by atoms with Gasteiger partial charge < -0.3 is 15.4 Å². The quantitative estimate of drug-likeness (QED) is 0.623. The number of non-ortho nitro benzene ring substituents is 1. The van der Waals surface area contributed by atoms with E-state index in [9.17, 15) is 14.9 Å². The third-order valence-corrected chi connectivity index (χ3v) is 2.91. The van der Waals surface area contributed by atoms with E-state index in [-0.39, 0.29) is 11.6 Å². The number of ether oxygens (including phenoxy) is 1. The van der Waals surface area contributed by atoms with Crippen molar-refractivity contribution in [2.24, 2.45) is 0 Å². The summed E-state index contributed by atoms with van der Waals surface area (Å²) in [6.07, 6.45) is -0.563. The molecule has 1 aromatic carbocycles. The normalized spacial score (nSPS) is 18.9. The van der Waals surface area contributed by atoms with Crippen molar-refractivity contribution >= 4 is 17.3 Å². The van der Waals surface area contributed by atoms with Crippen molar-refractivity contribution in [1.82, 2.24) is 5.32 Å². The maximum atomic E-state index is 12.0. The Morgan fingerprint density at radius 3 is 3.00 bits per heavy atom. The number of hydrogen-bond acceptors (Lipinski definition) is 5. The van der Waals surface area contributed by atoms with E-state index < -0.39 is 11.0 Å². The summed E-state index contributed by atoms with van der Waals surface area (Å²) in [4.78, 5) is 22.2. The lowest BCUT2D eigenvalue weighted by molar-refractivity contribution is -0.384. The summed E-state index contributed by atoms with van der Waals surface area (Å²) in [6.45, 7) is 3.42.